The van der Waals surface area contributed by atoms with E-state index in [1.807, 2.05) is 6.92 Å². The van der Waals surface area contributed by atoms with E-state index in [9.17, 15) is 4.79 Å². The number of carbonyl (C=O) groups is 1. The molecule has 0 radical (unpaired) electrons. The van der Waals surface area contributed by atoms with Gasteiger partial charge >= 0.3 is 0 Å². The van der Waals surface area contributed by atoms with Gasteiger partial charge in [-0.15, -0.1) is 0 Å². The number of hydrogen-bond acceptors (Lipinski definition) is 4. The molecule has 0 aromatic heterocycles. The summed E-state index contributed by atoms with van der Waals surface area (Å²) in [5, 5.41) is 3.12. The van der Waals surface area contributed by atoms with E-state index in [2.05, 4.69) is 24.1 Å². The summed E-state index contributed by atoms with van der Waals surface area (Å²) in [5.41, 5.74) is 0. The summed E-state index contributed by atoms with van der Waals surface area (Å²) in [6, 6.07) is 0.646. The van der Waals surface area contributed by atoms with Gasteiger partial charge in [0.2, 0.25) is 0 Å². The van der Waals surface area contributed by atoms with E-state index in [0.29, 0.717) is 31.7 Å². The molecule has 0 aromatic carbocycles. The van der Waals surface area contributed by atoms with Crippen LogP contribution in [-0.4, -0.2) is 55.6 Å². The molecule has 0 aromatic rings. The fourth-order valence-electron chi connectivity index (χ4n) is 2.21. The molecule has 0 aliphatic carbocycles. The van der Waals surface area contributed by atoms with Crippen molar-refractivity contribution in [1.29, 1.82) is 0 Å². The van der Waals surface area contributed by atoms with Crippen LogP contribution >= 0.6 is 0 Å². The van der Waals surface area contributed by atoms with Gasteiger partial charge in [-0.05, 0) is 26.7 Å². The number of Topliss-reactive ketones (excluding diaryl/α,β-unsaturated/α-hetero) is 1. The van der Waals surface area contributed by atoms with Crippen molar-refractivity contribution in [2.45, 2.75) is 52.2 Å². The van der Waals surface area contributed by atoms with Gasteiger partial charge in [0.15, 0.2) is 0 Å². The molecule has 0 amide bonds. The van der Waals surface area contributed by atoms with Gasteiger partial charge in [0.05, 0.1) is 19.3 Å². The number of rotatable bonds is 8. The average Bonchev–Trinajstić information content (AvgIpc) is 2.38. The van der Waals surface area contributed by atoms with Crippen molar-refractivity contribution >= 4 is 5.78 Å². The molecule has 1 aliphatic heterocycles. The molecule has 0 saturated carbocycles. The summed E-state index contributed by atoms with van der Waals surface area (Å²) in [4.78, 5) is 13.6. The second-order valence-corrected chi connectivity index (χ2v) is 5.27. The van der Waals surface area contributed by atoms with E-state index < -0.39 is 0 Å². The summed E-state index contributed by atoms with van der Waals surface area (Å²) in [6.45, 7) is 10.6. The lowest BCUT2D eigenvalue weighted by Gasteiger charge is -2.34. The molecule has 108 valence electrons. The summed E-state index contributed by atoms with van der Waals surface area (Å²) in [5.74, 6) is 0.264. The number of piperidine rings is 1. The van der Waals surface area contributed by atoms with Crippen LogP contribution in [-0.2, 0) is 9.53 Å². The van der Waals surface area contributed by atoms with Gasteiger partial charge in [0.25, 0.3) is 0 Å². The second-order valence-electron chi connectivity index (χ2n) is 5.27. The van der Waals surface area contributed by atoms with E-state index in [-0.39, 0.29) is 7.21 Å². The fourth-order valence-corrected chi connectivity index (χ4v) is 2.21. The summed E-state index contributed by atoms with van der Waals surface area (Å²) in [6.07, 6.45) is 3.28. The maximum atomic E-state index is 11.1. The molecule has 0 atom stereocenters. The Hall–Kier alpha value is -0.450. The van der Waals surface area contributed by atoms with Crippen LogP contribution in [0.5, 0.6) is 0 Å². The van der Waals surface area contributed by atoms with E-state index in [0.717, 1.165) is 32.5 Å². The third kappa shape index (κ3) is 5.94. The Morgan fingerprint density at radius 2 is 2.11 bits per heavy atom. The molecule has 18 heavy (non-hydrogen) atoms. The molecule has 4 heteroatoms. The average molecular weight is 258 g/mol. The topological polar surface area (TPSA) is 41.6 Å². The molecule has 1 N–H and O–H groups in total. The van der Waals surface area contributed by atoms with Gasteiger partial charge < -0.3 is 15.0 Å². The highest BCUT2D eigenvalue weighted by Gasteiger charge is 2.20. The highest BCUT2D eigenvalue weighted by Crippen LogP contribution is 2.15. The largest absolute Gasteiger partial charge is 0.377 e. The zero-order valence-electron chi connectivity index (χ0n) is 12.1. The highest BCUT2D eigenvalue weighted by atomic mass is 16.5. The monoisotopic (exact) mass is 258 g/mol. The quantitative estimate of drug-likeness (QED) is 0.673. The number of nitrogens with one attached hydrogen (secondary N) is 1. The minimum absolute atomic E-state index is 0. The van der Waals surface area contributed by atoms with Gasteiger partial charge in [-0.2, -0.15) is 0 Å². The normalized spacial score (nSPS) is 18.4. The molecule has 1 fully saturated rings. The van der Waals surface area contributed by atoms with Gasteiger partial charge in [-0.3, -0.25) is 4.79 Å². The minimum Gasteiger partial charge on any atom is -0.377 e. The number of nitrogens with zero attached hydrogens (tertiary/aromatic N) is 1. The number of carbonyl (C=O) groups excluding carboxylic acids is 1. The SMILES string of the molecule is CCC(=O)CNCCOC1CCN(C(C)C)CC1.[HH]. The van der Waals surface area contributed by atoms with Crippen molar-refractivity contribution in [2.75, 3.05) is 32.8 Å². The van der Waals surface area contributed by atoms with Crippen LogP contribution in [0, 0.1) is 0 Å². The first-order valence-electron chi connectivity index (χ1n) is 7.21. The van der Waals surface area contributed by atoms with Crippen molar-refractivity contribution in [3.05, 3.63) is 0 Å². The summed E-state index contributed by atoms with van der Waals surface area (Å²) < 4.78 is 5.83. The Balaban J connectivity index is 0.00000324. The second kappa shape index (κ2) is 8.62. The minimum atomic E-state index is 0. The molecule has 1 rings (SSSR count). The van der Waals surface area contributed by atoms with Gasteiger partial charge in [-0.1, -0.05) is 6.92 Å². The van der Waals surface area contributed by atoms with E-state index in [1.54, 1.807) is 0 Å². The Morgan fingerprint density at radius 1 is 1.44 bits per heavy atom. The molecular formula is C14H30N2O2. The first kappa shape index (κ1) is 15.6. The van der Waals surface area contributed by atoms with Crippen molar-refractivity contribution in [2.24, 2.45) is 0 Å². The third-order valence-electron chi connectivity index (χ3n) is 3.56. The maximum absolute atomic E-state index is 11.1. The van der Waals surface area contributed by atoms with Crippen LogP contribution in [0.1, 0.15) is 41.5 Å². The number of likely N-dealkylation sites (tertiary alicyclic amines) is 1. The van der Waals surface area contributed by atoms with Gasteiger partial charge in [0, 0.05) is 33.5 Å². The third-order valence-corrected chi connectivity index (χ3v) is 3.56. The lowest BCUT2D eigenvalue weighted by atomic mass is 10.1. The van der Waals surface area contributed by atoms with Crippen LogP contribution in [0.25, 0.3) is 0 Å². The zero-order valence-corrected chi connectivity index (χ0v) is 12.1. The van der Waals surface area contributed by atoms with Crippen molar-refractivity contribution in [3.8, 4) is 0 Å². The van der Waals surface area contributed by atoms with E-state index >= 15 is 0 Å². The van der Waals surface area contributed by atoms with Crippen LogP contribution in [0.4, 0.5) is 0 Å². The summed E-state index contributed by atoms with van der Waals surface area (Å²) in [7, 11) is 0. The van der Waals surface area contributed by atoms with Crippen LogP contribution in [0.3, 0.4) is 0 Å². The van der Waals surface area contributed by atoms with Crippen LogP contribution in [0.2, 0.25) is 0 Å². The van der Waals surface area contributed by atoms with Crippen molar-refractivity contribution in [3.63, 3.8) is 0 Å². The molecule has 4 nitrogen and oxygen atoms in total. The molecule has 0 unspecified atom stereocenters. The Morgan fingerprint density at radius 3 is 2.67 bits per heavy atom. The number of ether oxygens (including phenoxy) is 1. The zero-order chi connectivity index (χ0) is 13.4. The predicted molar refractivity (Wildman–Crippen MR) is 76.0 cm³/mol. The Labute approximate surface area is 113 Å². The molecule has 1 saturated heterocycles. The predicted octanol–water partition coefficient (Wildman–Crippen LogP) is 1.69. The molecule has 1 heterocycles. The Kier molecular flexibility index (Phi) is 7.47. The lowest BCUT2D eigenvalue weighted by Crippen LogP contribution is -2.41. The van der Waals surface area contributed by atoms with Crippen LogP contribution < -0.4 is 5.32 Å². The molecular weight excluding hydrogens is 228 g/mol. The standard InChI is InChI=1S/C14H28N2O2.H2/c1-4-13(17)11-15-7-10-18-14-5-8-16(9-6-14)12(2)3;/h12,14-15H,4-11H2,1-3H3;1H. The first-order valence-corrected chi connectivity index (χ1v) is 7.21. The Bertz CT molecular complexity index is 242. The fraction of sp³-hybridized carbons (Fsp3) is 0.929. The maximum Gasteiger partial charge on any atom is 0.146 e. The van der Waals surface area contributed by atoms with E-state index in [1.165, 1.54) is 0 Å². The van der Waals surface area contributed by atoms with Crippen molar-refractivity contribution < 1.29 is 11.0 Å². The lowest BCUT2D eigenvalue weighted by molar-refractivity contribution is -0.118. The number of hydrogen-bond donors (Lipinski definition) is 1. The van der Waals surface area contributed by atoms with Gasteiger partial charge in [-0.25, -0.2) is 0 Å². The van der Waals surface area contributed by atoms with Crippen molar-refractivity contribution in [1.82, 2.24) is 10.2 Å². The first-order chi connectivity index (χ1) is 8.63. The van der Waals surface area contributed by atoms with Gasteiger partial charge in [0.1, 0.15) is 5.78 Å². The molecule has 0 bridgehead atoms. The summed E-state index contributed by atoms with van der Waals surface area (Å²) >= 11 is 0. The van der Waals surface area contributed by atoms with E-state index in [4.69, 9.17) is 4.74 Å². The molecule has 0 spiro atoms. The van der Waals surface area contributed by atoms with Crippen LogP contribution in [0.15, 0.2) is 0 Å². The number of ketones is 1. The smallest absolute Gasteiger partial charge is 0.146 e. The highest BCUT2D eigenvalue weighted by molar-refractivity contribution is 5.80. The molecule has 1 aliphatic rings.